The number of aryl methyl sites for hydroxylation is 1. The molecule has 0 saturated carbocycles. The van der Waals surface area contributed by atoms with Crippen LogP contribution in [0.1, 0.15) is 23.7 Å². The third-order valence-electron chi connectivity index (χ3n) is 4.56. The van der Waals surface area contributed by atoms with Crippen molar-refractivity contribution >= 4 is 35.8 Å². The molecule has 0 radical (unpaired) electrons. The van der Waals surface area contributed by atoms with Gasteiger partial charge in [0.05, 0.1) is 18.8 Å². The summed E-state index contributed by atoms with van der Waals surface area (Å²) in [5, 5.41) is 10.5. The average molecular weight is 482 g/mol. The van der Waals surface area contributed by atoms with E-state index < -0.39 is 0 Å². The molecule has 2 aromatic rings. The molecule has 0 atom stereocenters. The average Bonchev–Trinajstić information content (AvgIpc) is 3.08. The fourth-order valence-corrected chi connectivity index (χ4v) is 3.04. The maximum atomic E-state index is 12.6. The van der Waals surface area contributed by atoms with Crippen LogP contribution in [0, 0.1) is 0 Å². The number of benzene rings is 1. The van der Waals surface area contributed by atoms with Crippen LogP contribution in [0.25, 0.3) is 0 Å². The van der Waals surface area contributed by atoms with Crippen LogP contribution in [-0.2, 0) is 31.4 Å². The van der Waals surface area contributed by atoms with Gasteiger partial charge in [-0.1, -0.05) is 24.3 Å². The molecule has 1 aliphatic heterocycles. The highest BCUT2D eigenvalue weighted by atomic mass is 127. The standard InChI is InChI=1S/C19H26N6O.HI/c1-3-20-19(21-12-17-8-10-23-24(17)2)22-13-18(26)25-11-9-15-6-4-5-7-16(15)14-25;/h4-8,10H,3,9,11-14H2,1-2H3,(H2,20,21,22);1H. The molecule has 0 unspecified atom stereocenters. The zero-order valence-corrected chi connectivity index (χ0v) is 18.1. The predicted molar refractivity (Wildman–Crippen MR) is 117 cm³/mol. The van der Waals surface area contributed by atoms with E-state index in [2.05, 4.69) is 38.9 Å². The van der Waals surface area contributed by atoms with Gasteiger partial charge >= 0.3 is 0 Å². The number of hydrogen-bond donors (Lipinski definition) is 2. The number of rotatable bonds is 5. The molecule has 27 heavy (non-hydrogen) atoms. The van der Waals surface area contributed by atoms with Crippen LogP contribution in [0.15, 0.2) is 41.5 Å². The first-order valence-corrected chi connectivity index (χ1v) is 9.01. The molecule has 1 amide bonds. The Labute approximate surface area is 177 Å². The van der Waals surface area contributed by atoms with Crippen molar-refractivity contribution in [2.24, 2.45) is 12.0 Å². The van der Waals surface area contributed by atoms with Crippen molar-refractivity contribution in [2.45, 2.75) is 26.4 Å². The van der Waals surface area contributed by atoms with Gasteiger partial charge in [-0.05, 0) is 30.5 Å². The van der Waals surface area contributed by atoms with Gasteiger partial charge in [0.25, 0.3) is 0 Å². The first-order chi connectivity index (χ1) is 12.7. The summed E-state index contributed by atoms with van der Waals surface area (Å²) in [5.41, 5.74) is 3.60. The lowest BCUT2D eigenvalue weighted by molar-refractivity contribution is -0.130. The van der Waals surface area contributed by atoms with E-state index in [1.54, 1.807) is 10.9 Å². The third-order valence-corrected chi connectivity index (χ3v) is 4.56. The lowest BCUT2D eigenvalue weighted by atomic mass is 10.00. The van der Waals surface area contributed by atoms with Crippen molar-refractivity contribution < 1.29 is 4.79 Å². The van der Waals surface area contributed by atoms with Gasteiger partial charge in [0, 0.05) is 32.9 Å². The molecular weight excluding hydrogens is 455 g/mol. The Balaban J connectivity index is 0.00000261. The summed E-state index contributed by atoms with van der Waals surface area (Å²) >= 11 is 0. The summed E-state index contributed by atoms with van der Waals surface area (Å²) in [4.78, 5) is 19.0. The van der Waals surface area contributed by atoms with E-state index in [4.69, 9.17) is 0 Å². The van der Waals surface area contributed by atoms with Gasteiger partial charge in [0.15, 0.2) is 5.96 Å². The van der Waals surface area contributed by atoms with Crippen molar-refractivity contribution in [3.8, 4) is 0 Å². The summed E-state index contributed by atoms with van der Waals surface area (Å²) in [6, 6.07) is 10.3. The predicted octanol–water partition coefficient (Wildman–Crippen LogP) is 1.68. The number of nitrogens with zero attached hydrogens (tertiary/aromatic N) is 4. The van der Waals surface area contributed by atoms with Gasteiger partial charge < -0.3 is 15.5 Å². The minimum absolute atomic E-state index is 0. The van der Waals surface area contributed by atoms with Crippen LogP contribution >= 0.6 is 24.0 Å². The molecule has 0 saturated heterocycles. The Morgan fingerprint density at radius 3 is 2.70 bits per heavy atom. The van der Waals surface area contributed by atoms with Crippen molar-refractivity contribution in [3.05, 3.63) is 53.3 Å². The van der Waals surface area contributed by atoms with Crippen molar-refractivity contribution in [1.82, 2.24) is 25.3 Å². The summed E-state index contributed by atoms with van der Waals surface area (Å²) in [7, 11) is 1.89. The number of amides is 1. The number of aromatic nitrogens is 2. The lowest BCUT2D eigenvalue weighted by Crippen LogP contribution is -2.46. The molecule has 0 aliphatic carbocycles. The summed E-state index contributed by atoms with van der Waals surface area (Å²) in [6.45, 7) is 4.93. The van der Waals surface area contributed by atoms with Crippen molar-refractivity contribution in [1.29, 1.82) is 0 Å². The molecule has 1 aliphatic rings. The number of carbonyl (C=O) groups is 1. The minimum Gasteiger partial charge on any atom is -0.357 e. The number of guanidine groups is 1. The Kier molecular flexibility index (Phi) is 8.08. The molecule has 7 nitrogen and oxygen atoms in total. The normalized spacial score (nSPS) is 13.6. The highest BCUT2D eigenvalue weighted by Crippen LogP contribution is 2.18. The topological polar surface area (TPSA) is 74.5 Å². The van der Waals surface area contributed by atoms with Gasteiger partial charge in [0.2, 0.25) is 5.91 Å². The van der Waals surface area contributed by atoms with Gasteiger partial charge in [0.1, 0.15) is 0 Å². The van der Waals surface area contributed by atoms with Crippen LogP contribution in [0.4, 0.5) is 0 Å². The van der Waals surface area contributed by atoms with Gasteiger partial charge in [-0.15, -0.1) is 24.0 Å². The van der Waals surface area contributed by atoms with Crippen LogP contribution in [0.3, 0.4) is 0 Å². The summed E-state index contributed by atoms with van der Waals surface area (Å²) in [6.07, 6.45) is 2.67. The number of nitrogens with one attached hydrogen (secondary N) is 2. The first kappa shape index (κ1) is 21.2. The summed E-state index contributed by atoms with van der Waals surface area (Å²) < 4.78 is 1.80. The quantitative estimate of drug-likeness (QED) is 0.387. The van der Waals surface area contributed by atoms with E-state index in [1.807, 2.05) is 31.0 Å². The molecule has 0 spiro atoms. The van der Waals surface area contributed by atoms with Crippen LogP contribution in [0.2, 0.25) is 0 Å². The second kappa shape index (κ2) is 10.3. The molecule has 2 heterocycles. The molecule has 8 heteroatoms. The van der Waals surface area contributed by atoms with Gasteiger partial charge in [-0.25, -0.2) is 4.99 Å². The van der Waals surface area contributed by atoms with E-state index in [1.165, 1.54) is 11.1 Å². The SMILES string of the molecule is CCNC(=NCc1ccnn1C)NCC(=O)N1CCc2ccccc2C1.I. The largest absolute Gasteiger partial charge is 0.357 e. The van der Waals surface area contributed by atoms with Crippen LogP contribution < -0.4 is 10.6 Å². The summed E-state index contributed by atoms with van der Waals surface area (Å²) in [5.74, 6) is 0.727. The second-order valence-corrected chi connectivity index (χ2v) is 6.33. The molecule has 3 rings (SSSR count). The Morgan fingerprint density at radius 1 is 1.22 bits per heavy atom. The van der Waals surface area contributed by atoms with E-state index in [0.717, 1.165) is 25.2 Å². The fourth-order valence-electron chi connectivity index (χ4n) is 3.04. The maximum Gasteiger partial charge on any atom is 0.242 e. The van der Waals surface area contributed by atoms with Crippen molar-refractivity contribution in [2.75, 3.05) is 19.6 Å². The zero-order valence-electron chi connectivity index (χ0n) is 15.8. The Morgan fingerprint density at radius 2 is 2.00 bits per heavy atom. The van der Waals surface area contributed by atoms with Gasteiger partial charge in [-0.3, -0.25) is 9.48 Å². The number of aliphatic imine (C=N–C) groups is 1. The molecule has 0 bridgehead atoms. The van der Waals surface area contributed by atoms with E-state index >= 15 is 0 Å². The van der Waals surface area contributed by atoms with Crippen LogP contribution in [-0.4, -0.2) is 46.2 Å². The number of fused-ring (bicyclic) bond motifs is 1. The third kappa shape index (κ3) is 5.69. The Bertz CT molecular complexity index is 788. The smallest absolute Gasteiger partial charge is 0.242 e. The van der Waals surface area contributed by atoms with E-state index in [9.17, 15) is 4.79 Å². The molecule has 0 fully saturated rings. The molecule has 1 aromatic heterocycles. The van der Waals surface area contributed by atoms with Crippen LogP contribution in [0.5, 0.6) is 0 Å². The minimum atomic E-state index is 0. The highest BCUT2D eigenvalue weighted by Gasteiger charge is 2.20. The molecule has 1 aromatic carbocycles. The van der Waals surface area contributed by atoms with E-state index in [0.29, 0.717) is 19.0 Å². The molecule has 2 N–H and O–H groups in total. The first-order valence-electron chi connectivity index (χ1n) is 9.01. The molecule has 146 valence electrons. The van der Waals surface area contributed by atoms with Crippen molar-refractivity contribution in [3.63, 3.8) is 0 Å². The molecular formula is C19H27IN6O. The number of hydrogen-bond acceptors (Lipinski definition) is 3. The van der Waals surface area contributed by atoms with Gasteiger partial charge in [-0.2, -0.15) is 5.10 Å². The fraction of sp³-hybridized carbons (Fsp3) is 0.421. The van der Waals surface area contributed by atoms with E-state index in [-0.39, 0.29) is 36.4 Å². The number of halogens is 1. The maximum absolute atomic E-state index is 12.6. The second-order valence-electron chi connectivity index (χ2n) is 6.33. The highest BCUT2D eigenvalue weighted by molar-refractivity contribution is 14.0. The monoisotopic (exact) mass is 482 g/mol. The lowest BCUT2D eigenvalue weighted by Gasteiger charge is -2.29. The number of carbonyl (C=O) groups excluding carboxylic acids is 1. The zero-order chi connectivity index (χ0) is 18.4. The Hall–Kier alpha value is -2.10.